The smallest absolute Gasteiger partial charge is 0.261 e. The van der Waals surface area contributed by atoms with Crippen LogP contribution >= 0.6 is 0 Å². The highest BCUT2D eigenvalue weighted by molar-refractivity contribution is 5.97. The number of unbranched alkanes of at least 4 members (excludes halogenated alkanes) is 1. The third kappa shape index (κ3) is 4.62. The molecule has 0 fully saturated rings. The molecule has 0 unspecified atom stereocenters. The van der Waals surface area contributed by atoms with Gasteiger partial charge in [0.05, 0.1) is 13.7 Å². The lowest BCUT2D eigenvalue weighted by Crippen LogP contribution is -2.34. The Morgan fingerprint density at radius 3 is 2.58 bits per heavy atom. The fourth-order valence-electron chi connectivity index (χ4n) is 2.40. The summed E-state index contributed by atoms with van der Waals surface area (Å²) in [5.74, 6) is -0.321. The number of nitrogens with zero attached hydrogens (tertiary/aromatic N) is 1. The second-order valence-electron chi connectivity index (χ2n) is 5.83. The number of ether oxygens (including phenoxy) is 2. The van der Waals surface area contributed by atoms with Crippen LogP contribution in [-0.4, -0.2) is 19.6 Å². The number of nitrogens with one attached hydrogen (secondary N) is 1. The summed E-state index contributed by atoms with van der Waals surface area (Å²) >= 11 is 0. The van der Waals surface area contributed by atoms with Crippen molar-refractivity contribution in [2.45, 2.75) is 33.2 Å². The number of hydrogen-bond acceptors (Lipinski definition) is 4. The summed E-state index contributed by atoms with van der Waals surface area (Å²) in [5, 5.41) is 14.8. The van der Waals surface area contributed by atoms with Crippen molar-refractivity contribution in [1.82, 2.24) is 5.32 Å². The van der Waals surface area contributed by atoms with E-state index in [1.165, 1.54) is 25.4 Å². The molecular formula is C19H23FN2O4. The highest BCUT2D eigenvalue weighted by atomic mass is 19.1. The number of carbonyl (C=O) groups excluding carboxylic acids is 1. The second-order valence-corrected chi connectivity index (χ2v) is 5.83. The molecule has 2 rings (SSSR count). The Morgan fingerprint density at radius 1 is 1.27 bits per heavy atom. The Morgan fingerprint density at radius 2 is 1.96 bits per heavy atom. The van der Waals surface area contributed by atoms with Crippen molar-refractivity contribution in [2.24, 2.45) is 0 Å². The normalized spacial score (nSPS) is 10.5. The number of amides is 1. The summed E-state index contributed by atoms with van der Waals surface area (Å²) in [7, 11) is 1.43. The summed E-state index contributed by atoms with van der Waals surface area (Å²) in [4.78, 5) is 12.6. The molecule has 1 amide bonds. The lowest BCUT2D eigenvalue weighted by molar-refractivity contribution is -0.612. The number of aromatic nitrogens is 1. The number of methoxy groups -OCH3 is 1. The number of halogens is 1. The van der Waals surface area contributed by atoms with Gasteiger partial charge in [0.1, 0.15) is 5.82 Å². The van der Waals surface area contributed by atoms with Gasteiger partial charge in [-0.05, 0) is 24.1 Å². The first-order valence-electron chi connectivity index (χ1n) is 8.44. The monoisotopic (exact) mass is 362 g/mol. The maximum atomic E-state index is 13.0. The van der Waals surface area contributed by atoms with E-state index in [1.807, 2.05) is 6.92 Å². The van der Waals surface area contributed by atoms with Crippen molar-refractivity contribution in [3.8, 4) is 11.5 Å². The van der Waals surface area contributed by atoms with E-state index in [-0.39, 0.29) is 29.4 Å². The Kier molecular flexibility index (Phi) is 6.77. The predicted molar refractivity (Wildman–Crippen MR) is 94.7 cm³/mol. The van der Waals surface area contributed by atoms with E-state index < -0.39 is 5.91 Å². The van der Waals surface area contributed by atoms with Crippen LogP contribution in [0.3, 0.4) is 0 Å². The molecule has 0 aliphatic rings. The molecule has 0 bridgehead atoms. The molecule has 1 aromatic carbocycles. The van der Waals surface area contributed by atoms with E-state index in [0.717, 1.165) is 18.4 Å². The largest absolute Gasteiger partial charge is 0.618 e. The molecule has 0 radical (unpaired) electrons. The summed E-state index contributed by atoms with van der Waals surface area (Å²) < 4.78 is 24.6. The van der Waals surface area contributed by atoms with E-state index >= 15 is 0 Å². The second kappa shape index (κ2) is 9.03. The molecule has 0 saturated heterocycles. The van der Waals surface area contributed by atoms with Gasteiger partial charge in [-0.1, -0.05) is 25.5 Å². The summed E-state index contributed by atoms with van der Waals surface area (Å²) in [6, 6.07) is 5.80. The molecule has 6 nitrogen and oxygen atoms in total. The van der Waals surface area contributed by atoms with Gasteiger partial charge < -0.3 is 20.0 Å². The van der Waals surface area contributed by atoms with E-state index in [2.05, 4.69) is 5.32 Å². The first-order valence-corrected chi connectivity index (χ1v) is 8.44. The molecule has 1 N–H and O–H groups in total. The molecule has 26 heavy (non-hydrogen) atoms. The van der Waals surface area contributed by atoms with Crippen LogP contribution < -0.4 is 19.5 Å². The third-order valence-corrected chi connectivity index (χ3v) is 3.92. The number of hydrogen-bond donors (Lipinski definition) is 1. The Labute approximate surface area is 152 Å². The van der Waals surface area contributed by atoms with Gasteiger partial charge in [-0.25, -0.2) is 4.39 Å². The van der Waals surface area contributed by atoms with Gasteiger partial charge in [0.15, 0.2) is 17.5 Å². The minimum atomic E-state index is -0.469. The van der Waals surface area contributed by atoms with Gasteiger partial charge in [0.2, 0.25) is 11.4 Å². The van der Waals surface area contributed by atoms with Gasteiger partial charge in [0, 0.05) is 13.5 Å². The first-order chi connectivity index (χ1) is 12.5. The summed E-state index contributed by atoms with van der Waals surface area (Å²) in [6.07, 6.45) is 2.92. The minimum absolute atomic E-state index is 0.0978. The molecule has 2 aromatic rings. The Bertz CT molecular complexity index is 763. The van der Waals surface area contributed by atoms with Gasteiger partial charge in [0.25, 0.3) is 5.91 Å². The van der Waals surface area contributed by atoms with Crippen LogP contribution in [0.5, 0.6) is 11.5 Å². The standard InChI is InChI=1S/C19H23FN2O4/c1-4-5-10-26-18-16(12-22(24)13(2)17(18)25-3)19(23)21-11-14-6-8-15(20)9-7-14/h6-9,12H,4-5,10-11H2,1-3H3,(H,21,23). The van der Waals surface area contributed by atoms with E-state index in [9.17, 15) is 14.4 Å². The van der Waals surface area contributed by atoms with E-state index in [1.54, 1.807) is 19.1 Å². The average molecular weight is 362 g/mol. The number of pyridine rings is 1. The maximum Gasteiger partial charge on any atom is 0.261 e. The molecule has 0 aliphatic heterocycles. The molecule has 0 spiro atoms. The summed E-state index contributed by atoms with van der Waals surface area (Å²) in [6.45, 7) is 4.23. The number of rotatable bonds is 8. The zero-order valence-corrected chi connectivity index (χ0v) is 15.2. The lowest BCUT2D eigenvalue weighted by atomic mass is 10.1. The van der Waals surface area contributed by atoms with Gasteiger partial charge in [-0.15, -0.1) is 0 Å². The molecule has 0 saturated carbocycles. The van der Waals surface area contributed by atoms with Crippen molar-refractivity contribution in [2.75, 3.05) is 13.7 Å². The summed E-state index contributed by atoms with van der Waals surface area (Å²) in [5.41, 5.74) is 1.15. The molecule has 1 heterocycles. The van der Waals surface area contributed by atoms with Gasteiger partial charge in [-0.2, -0.15) is 4.73 Å². The van der Waals surface area contributed by atoms with Crippen LogP contribution in [0.1, 0.15) is 41.4 Å². The van der Waals surface area contributed by atoms with Crippen LogP contribution in [0.2, 0.25) is 0 Å². The van der Waals surface area contributed by atoms with Crippen molar-refractivity contribution >= 4 is 5.91 Å². The molecule has 0 atom stereocenters. The molecule has 140 valence electrons. The molecule has 0 aliphatic carbocycles. The van der Waals surface area contributed by atoms with Crippen molar-refractivity contribution < 1.29 is 23.4 Å². The Balaban J connectivity index is 2.25. The lowest BCUT2D eigenvalue weighted by Gasteiger charge is -2.16. The molecular weight excluding hydrogens is 339 g/mol. The first kappa shape index (κ1) is 19.5. The van der Waals surface area contributed by atoms with Crippen molar-refractivity contribution in [3.63, 3.8) is 0 Å². The zero-order valence-electron chi connectivity index (χ0n) is 15.2. The van der Waals surface area contributed by atoms with Crippen molar-refractivity contribution in [3.05, 3.63) is 58.3 Å². The van der Waals surface area contributed by atoms with Crippen molar-refractivity contribution in [1.29, 1.82) is 0 Å². The zero-order chi connectivity index (χ0) is 19.1. The molecule has 1 aromatic heterocycles. The number of benzene rings is 1. The van der Waals surface area contributed by atoms with Crippen LogP contribution in [0.15, 0.2) is 30.5 Å². The maximum absolute atomic E-state index is 13.0. The fourth-order valence-corrected chi connectivity index (χ4v) is 2.40. The van der Waals surface area contributed by atoms with Crippen LogP contribution in [0.25, 0.3) is 0 Å². The predicted octanol–water partition coefficient (Wildman–Crippen LogP) is 2.89. The SMILES string of the molecule is CCCCOc1c(C(=O)NCc2ccc(F)cc2)c[n+]([O-])c(C)c1OC. The average Bonchev–Trinajstić information content (AvgIpc) is 2.64. The Hall–Kier alpha value is -2.83. The highest BCUT2D eigenvalue weighted by Gasteiger charge is 2.26. The van der Waals surface area contributed by atoms with Crippen LogP contribution in [-0.2, 0) is 6.54 Å². The molecule has 7 heteroatoms. The van der Waals surface area contributed by atoms with E-state index in [4.69, 9.17) is 9.47 Å². The highest BCUT2D eigenvalue weighted by Crippen LogP contribution is 2.32. The van der Waals surface area contributed by atoms with Gasteiger partial charge in [-0.3, -0.25) is 4.79 Å². The van der Waals surface area contributed by atoms with Crippen LogP contribution in [0.4, 0.5) is 4.39 Å². The third-order valence-electron chi connectivity index (χ3n) is 3.92. The minimum Gasteiger partial charge on any atom is -0.618 e. The van der Waals surface area contributed by atoms with Gasteiger partial charge >= 0.3 is 0 Å². The van der Waals surface area contributed by atoms with E-state index in [0.29, 0.717) is 17.0 Å². The fraction of sp³-hybridized carbons (Fsp3) is 0.368. The van der Waals surface area contributed by atoms with Crippen LogP contribution in [0, 0.1) is 17.9 Å². The quantitative estimate of drug-likeness (QED) is 0.445. The number of carbonyl (C=O) groups is 1. The topological polar surface area (TPSA) is 74.5 Å².